The molecule has 0 aromatic rings. The summed E-state index contributed by atoms with van der Waals surface area (Å²) in [5, 5.41) is 0. The lowest BCUT2D eigenvalue weighted by atomic mass is 10.1. The summed E-state index contributed by atoms with van der Waals surface area (Å²) in [5.74, 6) is -0.850. The molecule has 0 aliphatic rings. The number of quaternary nitrogens is 1. The van der Waals surface area contributed by atoms with E-state index in [0.29, 0.717) is 17.4 Å². The van der Waals surface area contributed by atoms with E-state index in [1.165, 1.54) is 89.9 Å². The number of phosphoric ester groups is 1. The molecule has 2 unspecified atom stereocenters. The van der Waals surface area contributed by atoms with Gasteiger partial charge >= 0.3 is 11.9 Å². The molecule has 0 saturated heterocycles. The van der Waals surface area contributed by atoms with Crippen molar-refractivity contribution in [3.63, 3.8) is 0 Å². The topological polar surface area (TPSA) is 111 Å². The Morgan fingerprint density at radius 1 is 0.556 bits per heavy atom. The second-order valence-corrected chi connectivity index (χ2v) is 17.5. The quantitative estimate of drug-likeness (QED) is 0.0198. The van der Waals surface area contributed by atoms with E-state index in [9.17, 15) is 19.0 Å². The van der Waals surface area contributed by atoms with E-state index in [4.69, 9.17) is 18.5 Å². The number of rotatable bonds is 40. The SMILES string of the molecule is CCCCCCCCC=CCCCCCCCC(=O)OCC(COP(=O)([O-])OCC[N+](C)(C)C)OC(=O)CCCCCCCC=CCCCCCCCC. The van der Waals surface area contributed by atoms with Gasteiger partial charge in [0.1, 0.15) is 19.8 Å². The summed E-state index contributed by atoms with van der Waals surface area (Å²) in [6.45, 7) is 4.20. The number of nitrogens with zero attached hydrogens (tertiary/aromatic N) is 1. The molecule has 2 atom stereocenters. The Hall–Kier alpha value is -1.51. The standard InChI is InChI=1S/C44H84NO8P/c1-6-8-10-12-14-16-18-20-22-24-26-28-30-32-34-36-43(46)50-40-42(41-52-54(48,49)51-39-38-45(3,4)5)53-44(47)37-35-33-31-29-27-25-23-21-19-17-15-13-11-9-7-2/h20-23,42H,6-19,24-41H2,1-5H3. The largest absolute Gasteiger partial charge is 0.756 e. The second kappa shape index (κ2) is 37.1. The van der Waals surface area contributed by atoms with Gasteiger partial charge in [0.05, 0.1) is 27.7 Å². The molecule has 0 bridgehead atoms. The number of phosphoric acid groups is 1. The van der Waals surface area contributed by atoms with Crippen LogP contribution < -0.4 is 4.89 Å². The van der Waals surface area contributed by atoms with Crippen LogP contribution in [0.15, 0.2) is 24.3 Å². The molecular formula is C44H84NO8P. The summed E-state index contributed by atoms with van der Waals surface area (Å²) in [5.41, 5.74) is 0. The highest BCUT2D eigenvalue weighted by Crippen LogP contribution is 2.38. The van der Waals surface area contributed by atoms with Crippen molar-refractivity contribution in [2.75, 3.05) is 47.5 Å². The highest BCUT2D eigenvalue weighted by atomic mass is 31.2. The van der Waals surface area contributed by atoms with Crippen LogP contribution in [0.3, 0.4) is 0 Å². The fourth-order valence-electron chi connectivity index (χ4n) is 5.94. The number of hydrogen-bond acceptors (Lipinski definition) is 8. The number of allylic oxidation sites excluding steroid dienone is 4. The highest BCUT2D eigenvalue weighted by Gasteiger charge is 2.21. The Labute approximate surface area is 332 Å². The van der Waals surface area contributed by atoms with Crippen LogP contribution in [0.25, 0.3) is 0 Å². The number of esters is 2. The van der Waals surface area contributed by atoms with Crippen LogP contribution in [0.1, 0.15) is 194 Å². The monoisotopic (exact) mass is 786 g/mol. The van der Waals surface area contributed by atoms with E-state index in [0.717, 1.165) is 70.6 Å². The average Bonchev–Trinajstić information content (AvgIpc) is 3.12. The Bertz CT molecular complexity index is 980. The fourth-order valence-corrected chi connectivity index (χ4v) is 6.67. The van der Waals surface area contributed by atoms with Gasteiger partial charge < -0.3 is 27.9 Å². The normalized spacial score (nSPS) is 13.8. The Morgan fingerprint density at radius 2 is 0.944 bits per heavy atom. The molecule has 0 fully saturated rings. The van der Waals surface area contributed by atoms with Crippen LogP contribution in [0.5, 0.6) is 0 Å². The van der Waals surface area contributed by atoms with Crippen LogP contribution in [0.2, 0.25) is 0 Å². The first-order valence-electron chi connectivity index (χ1n) is 22.0. The third kappa shape index (κ3) is 40.2. The van der Waals surface area contributed by atoms with Crippen molar-refractivity contribution in [2.24, 2.45) is 0 Å². The van der Waals surface area contributed by atoms with E-state index < -0.39 is 32.5 Å². The molecule has 0 aromatic carbocycles. The Kier molecular flexibility index (Phi) is 36.1. The van der Waals surface area contributed by atoms with Crippen molar-refractivity contribution in [3.8, 4) is 0 Å². The number of ether oxygens (including phenoxy) is 2. The maximum atomic E-state index is 12.7. The molecule has 54 heavy (non-hydrogen) atoms. The lowest BCUT2D eigenvalue weighted by Crippen LogP contribution is -2.37. The molecule has 0 N–H and O–H groups in total. The number of likely N-dealkylation sites (N-methyl/N-ethyl adjacent to an activating group) is 1. The van der Waals surface area contributed by atoms with Gasteiger partial charge in [0.2, 0.25) is 0 Å². The van der Waals surface area contributed by atoms with Gasteiger partial charge in [-0.2, -0.15) is 0 Å². The van der Waals surface area contributed by atoms with Crippen LogP contribution in [-0.2, 0) is 32.7 Å². The molecule has 0 radical (unpaired) electrons. The molecular weight excluding hydrogens is 701 g/mol. The zero-order chi connectivity index (χ0) is 40.0. The highest BCUT2D eigenvalue weighted by molar-refractivity contribution is 7.45. The molecule has 0 aliphatic carbocycles. The summed E-state index contributed by atoms with van der Waals surface area (Å²) >= 11 is 0. The lowest BCUT2D eigenvalue weighted by molar-refractivity contribution is -0.870. The first kappa shape index (κ1) is 52.5. The third-order valence-electron chi connectivity index (χ3n) is 9.44. The zero-order valence-corrected chi connectivity index (χ0v) is 36.6. The van der Waals surface area contributed by atoms with Crippen LogP contribution in [0, 0.1) is 0 Å². The zero-order valence-electron chi connectivity index (χ0n) is 35.7. The minimum Gasteiger partial charge on any atom is -0.756 e. The fraction of sp³-hybridized carbons (Fsp3) is 0.864. The minimum absolute atomic E-state index is 0.0326. The molecule has 10 heteroatoms. The van der Waals surface area contributed by atoms with E-state index in [2.05, 4.69) is 38.2 Å². The third-order valence-corrected chi connectivity index (χ3v) is 10.4. The predicted molar refractivity (Wildman–Crippen MR) is 222 cm³/mol. The maximum absolute atomic E-state index is 12.7. The molecule has 0 amide bonds. The number of carbonyl (C=O) groups excluding carboxylic acids is 2. The smallest absolute Gasteiger partial charge is 0.306 e. The maximum Gasteiger partial charge on any atom is 0.306 e. The number of carbonyl (C=O) groups is 2. The first-order valence-corrected chi connectivity index (χ1v) is 23.5. The summed E-state index contributed by atoms with van der Waals surface area (Å²) in [4.78, 5) is 37.5. The van der Waals surface area contributed by atoms with Crippen molar-refractivity contribution in [2.45, 2.75) is 200 Å². The van der Waals surface area contributed by atoms with E-state index in [1.54, 1.807) is 0 Å². The molecule has 0 rings (SSSR count). The Balaban J connectivity index is 4.38. The Morgan fingerprint density at radius 3 is 1.37 bits per heavy atom. The van der Waals surface area contributed by atoms with Crippen molar-refractivity contribution in [3.05, 3.63) is 24.3 Å². The van der Waals surface area contributed by atoms with Gasteiger partial charge in [-0.3, -0.25) is 14.2 Å². The predicted octanol–water partition coefficient (Wildman–Crippen LogP) is 11.7. The van der Waals surface area contributed by atoms with Crippen molar-refractivity contribution >= 4 is 19.8 Å². The van der Waals surface area contributed by atoms with Gasteiger partial charge in [-0.15, -0.1) is 0 Å². The molecule has 0 heterocycles. The molecule has 0 aliphatic heterocycles. The summed E-state index contributed by atoms with van der Waals surface area (Å²) in [6.07, 6.45) is 39.1. The van der Waals surface area contributed by atoms with Gasteiger partial charge in [-0.25, -0.2) is 0 Å². The van der Waals surface area contributed by atoms with E-state index in [-0.39, 0.29) is 26.1 Å². The first-order chi connectivity index (χ1) is 26.0. The molecule has 0 aromatic heterocycles. The van der Waals surface area contributed by atoms with Crippen LogP contribution >= 0.6 is 7.82 Å². The molecule has 0 spiro atoms. The summed E-state index contributed by atoms with van der Waals surface area (Å²) < 4.78 is 33.9. The summed E-state index contributed by atoms with van der Waals surface area (Å²) in [7, 11) is 1.16. The minimum atomic E-state index is -4.62. The van der Waals surface area contributed by atoms with Crippen molar-refractivity contribution in [1.82, 2.24) is 0 Å². The van der Waals surface area contributed by atoms with Crippen LogP contribution in [-0.4, -0.2) is 70.0 Å². The second-order valence-electron chi connectivity index (χ2n) is 16.1. The van der Waals surface area contributed by atoms with Crippen molar-refractivity contribution in [1.29, 1.82) is 0 Å². The average molecular weight is 786 g/mol. The molecule has 9 nitrogen and oxygen atoms in total. The van der Waals surface area contributed by atoms with Crippen LogP contribution in [0.4, 0.5) is 0 Å². The number of unbranched alkanes of at least 4 members (excludes halogenated alkanes) is 22. The molecule has 318 valence electrons. The van der Waals surface area contributed by atoms with E-state index in [1.807, 2.05) is 21.1 Å². The number of hydrogen-bond donors (Lipinski definition) is 0. The summed E-state index contributed by atoms with van der Waals surface area (Å²) in [6, 6.07) is 0. The van der Waals surface area contributed by atoms with Gasteiger partial charge in [-0.05, 0) is 64.2 Å². The van der Waals surface area contributed by atoms with Gasteiger partial charge in [-0.1, -0.05) is 141 Å². The van der Waals surface area contributed by atoms with Gasteiger partial charge in [0, 0.05) is 12.8 Å². The van der Waals surface area contributed by atoms with Gasteiger partial charge in [0.15, 0.2) is 6.10 Å². The lowest BCUT2D eigenvalue weighted by Gasteiger charge is -2.28. The van der Waals surface area contributed by atoms with Gasteiger partial charge in [0.25, 0.3) is 7.82 Å². The van der Waals surface area contributed by atoms with E-state index >= 15 is 0 Å². The molecule has 0 saturated carbocycles. The van der Waals surface area contributed by atoms with Crippen molar-refractivity contribution < 1.29 is 42.1 Å².